The van der Waals surface area contributed by atoms with Gasteiger partial charge in [0.15, 0.2) is 0 Å². The molecule has 0 fully saturated rings. The molecule has 1 rings (SSSR count). The summed E-state index contributed by atoms with van der Waals surface area (Å²) in [5, 5.41) is 1.19. The van der Waals surface area contributed by atoms with Crippen LogP contribution in [0.5, 0.6) is 0 Å². The topological polar surface area (TPSA) is 12.4 Å². The lowest BCUT2D eigenvalue weighted by Crippen LogP contribution is -1.84. The summed E-state index contributed by atoms with van der Waals surface area (Å²) < 4.78 is 0. The van der Waals surface area contributed by atoms with E-state index in [-0.39, 0.29) is 0 Å². The molecule has 0 N–H and O–H groups in total. The summed E-state index contributed by atoms with van der Waals surface area (Å²) in [6, 6.07) is 0. The predicted molar refractivity (Wildman–Crippen MR) is 49.4 cm³/mol. The van der Waals surface area contributed by atoms with Crippen molar-refractivity contribution in [2.45, 2.75) is 6.42 Å². The molecule has 0 aliphatic carbocycles. The summed E-state index contributed by atoms with van der Waals surface area (Å²) in [4.78, 5) is 4.02. The van der Waals surface area contributed by atoms with Gasteiger partial charge in [-0.05, 0) is 12.2 Å². The van der Waals surface area contributed by atoms with Crippen LogP contribution in [0.4, 0.5) is 0 Å². The number of nitrogens with zero attached hydrogens (tertiary/aromatic N) is 1. The van der Waals surface area contributed by atoms with Gasteiger partial charge in [-0.25, -0.2) is 0 Å². The fraction of sp³-hybridized carbons (Fsp3) is 0.250. The van der Waals surface area contributed by atoms with Gasteiger partial charge in [-0.3, -0.25) is 4.99 Å². The zero-order valence-corrected chi connectivity index (χ0v) is 7.36. The molecule has 1 nitrogen and oxygen atoms in total. The second-order valence-corrected chi connectivity index (χ2v) is 2.86. The van der Waals surface area contributed by atoms with Crippen molar-refractivity contribution in [1.29, 1.82) is 0 Å². The minimum absolute atomic E-state index is 0.552. The lowest BCUT2D eigenvalue weighted by atomic mass is 10.4. The van der Waals surface area contributed by atoms with Crippen molar-refractivity contribution >= 4 is 28.4 Å². The second-order valence-electron chi connectivity index (χ2n) is 2.02. The molecule has 0 saturated heterocycles. The Morgan fingerprint density at radius 1 is 1.45 bits per heavy atom. The van der Waals surface area contributed by atoms with Crippen LogP contribution < -0.4 is 0 Å². The molecule has 0 spiro atoms. The van der Waals surface area contributed by atoms with E-state index in [1.54, 1.807) is 12.2 Å². The highest BCUT2D eigenvalue weighted by Gasteiger charge is 1.90. The highest BCUT2D eigenvalue weighted by atomic mass is 35.5. The van der Waals surface area contributed by atoms with Gasteiger partial charge in [0.25, 0.3) is 0 Å². The van der Waals surface area contributed by atoms with Gasteiger partial charge in [-0.2, -0.15) is 0 Å². The zero-order valence-electron chi connectivity index (χ0n) is 5.85. The minimum atomic E-state index is 0.552. The summed E-state index contributed by atoms with van der Waals surface area (Å²) in [6.07, 6.45) is 6.02. The second kappa shape index (κ2) is 4.40. The summed E-state index contributed by atoms with van der Waals surface area (Å²) in [5.74, 6) is 0. The summed E-state index contributed by atoms with van der Waals surface area (Å²) in [7, 11) is 0. The van der Waals surface area contributed by atoms with Crippen LogP contribution in [0.3, 0.4) is 0 Å². The number of halogens is 2. The van der Waals surface area contributed by atoms with E-state index in [4.69, 9.17) is 23.2 Å². The van der Waals surface area contributed by atoms with E-state index in [0.29, 0.717) is 23.2 Å². The highest BCUT2D eigenvalue weighted by Crippen LogP contribution is 2.05. The molecule has 1 aliphatic heterocycles. The average Bonchev–Trinajstić information content (AvgIpc) is 2.04. The molecule has 1 heterocycles. The molecule has 0 aromatic rings. The van der Waals surface area contributed by atoms with Gasteiger partial charge in [-0.15, -0.1) is 5.73 Å². The van der Waals surface area contributed by atoms with Crippen molar-refractivity contribution in [2.24, 2.45) is 4.99 Å². The molecule has 0 radical (unpaired) electrons. The maximum atomic E-state index is 5.71. The number of allylic oxidation sites excluding steroid dienone is 2. The van der Waals surface area contributed by atoms with Crippen molar-refractivity contribution in [3.05, 3.63) is 29.0 Å². The Kier molecular flexibility index (Phi) is 3.44. The van der Waals surface area contributed by atoms with Crippen LogP contribution in [-0.2, 0) is 0 Å². The molecule has 0 bridgehead atoms. The average molecular weight is 188 g/mol. The quantitative estimate of drug-likeness (QED) is 0.518. The Hall–Kier alpha value is -0.490. The SMILES string of the molecule is ClC1=C=CCN=C(Cl)CC=C1. The highest BCUT2D eigenvalue weighted by molar-refractivity contribution is 6.65. The smallest absolute Gasteiger partial charge is 0.104 e. The molecule has 0 atom stereocenters. The zero-order chi connectivity index (χ0) is 8.10. The Bertz CT molecular complexity index is 257. The number of rotatable bonds is 0. The summed E-state index contributed by atoms with van der Waals surface area (Å²) in [5.41, 5.74) is 2.85. The first-order chi connectivity index (χ1) is 5.29. The van der Waals surface area contributed by atoms with Gasteiger partial charge in [0, 0.05) is 6.42 Å². The number of aliphatic imine (C=N–C) groups is 1. The maximum Gasteiger partial charge on any atom is 0.104 e. The van der Waals surface area contributed by atoms with Crippen LogP contribution in [-0.4, -0.2) is 11.7 Å². The van der Waals surface area contributed by atoms with Crippen LogP contribution in [0.15, 0.2) is 34.0 Å². The third-order valence-corrected chi connectivity index (χ3v) is 1.65. The monoisotopic (exact) mass is 187 g/mol. The van der Waals surface area contributed by atoms with E-state index in [1.165, 1.54) is 0 Å². The van der Waals surface area contributed by atoms with Crippen LogP contribution in [0.1, 0.15) is 6.42 Å². The first-order valence-electron chi connectivity index (χ1n) is 3.25. The molecule has 0 unspecified atom stereocenters. The Morgan fingerprint density at radius 3 is 3.09 bits per heavy atom. The van der Waals surface area contributed by atoms with Crippen molar-refractivity contribution in [1.82, 2.24) is 0 Å². The van der Waals surface area contributed by atoms with E-state index < -0.39 is 0 Å². The standard InChI is InChI=1S/C8H7Cl2N/c9-7-3-1-5-8(10)11-6-2-4-7/h1-3H,5-6H2. The molecule has 0 amide bonds. The fourth-order valence-corrected chi connectivity index (χ4v) is 0.984. The summed E-state index contributed by atoms with van der Waals surface area (Å²) in [6.45, 7) is 0.552. The fourth-order valence-electron chi connectivity index (χ4n) is 0.660. The lowest BCUT2D eigenvalue weighted by Gasteiger charge is -1.87. The Balaban J connectivity index is 2.79. The molecule has 0 saturated carbocycles. The van der Waals surface area contributed by atoms with Crippen LogP contribution in [0.25, 0.3) is 0 Å². The van der Waals surface area contributed by atoms with E-state index >= 15 is 0 Å². The molecule has 0 aromatic carbocycles. The Morgan fingerprint density at radius 2 is 2.27 bits per heavy atom. The van der Waals surface area contributed by atoms with Crippen molar-refractivity contribution in [2.75, 3.05) is 6.54 Å². The first kappa shape index (κ1) is 8.61. The first-order valence-corrected chi connectivity index (χ1v) is 4.00. The van der Waals surface area contributed by atoms with E-state index in [1.807, 2.05) is 6.08 Å². The normalized spacial score (nSPS) is 18.0. The summed E-state index contributed by atoms with van der Waals surface area (Å²) >= 11 is 11.4. The van der Waals surface area contributed by atoms with Gasteiger partial charge in [-0.1, -0.05) is 29.3 Å². The molecular weight excluding hydrogens is 181 g/mol. The van der Waals surface area contributed by atoms with Gasteiger partial charge in [0.2, 0.25) is 0 Å². The van der Waals surface area contributed by atoms with Gasteiger partial charge >= 0.3 is 0 Å². The van der Waals surface area contributed by atoms with E-state index in [0.717, 1.165) is 0 Å². The van der Waals surface area contributed by atoms with Crippen molar-refractivity contribution in [3.63, 3.8) is 0 Å². The molecule has 58 valence electrons. The largest absolute Gasteiger partial charge is 0.272 e. The molecule has 3 heteroatoms. The molecule has 11 heavy (non-hydrogen) atoms. The van der Waals surface area contributed by atoms with E-state index in [9.17, 15) is 0 Å². The van der Waals surface area contributed by atoms with Gasteiger partial charge in [0.05, 0.1) is 11.6 Å². The van der Waals surface area contributed by atoms with Crippen molar-refractivity contribution < 1.29 is 0 Å². The predicted octanol–water partition coefficient (Wildman–Crippen LogP) is 2.86. The molecular formula is C8H7Cl2N. The third-order valence-electron chi connectivity index (χ3n) is 1.14. The van der Waals surface area contributed by atoms with Crippen LogP contribution >= 0.6 is 23.2 Å². The Labute approximate surface area is 75.7 Å². The lowest BCUT2D eigenvalue weighted by molar-refractivity contribution is 1.24. The number of hydrogen-bond acceptors (Lipinski definition) is 1. The van der Waals surface area contributed by atoms with Crippen molar-refractivity contribution in [3.8, 4) is 0 Å². The third kappa shape index (κ3) is 3.43. The van der Waals surface area contributed by atoms with Gasteiger partial charge < -0.3 is 0 Å². The van der Waals surface area contributed by atoms with Crippen LogP contribution in [0, 0.1) is 0 Å². The van der Waals surface area contributed by atoms with E-state index in [2.05, 4.69) is 10.7 Å². The van der Waals surface area contributed by atoms with Gasteiger partial charge in [0.1, 0.15) is 5.17 Å². The maximum absolute atomic E-state index is 5.71. The van der Waals surface area contributed by atoms with Crippen LogP contribution in [0.2, 0.25) is 0 Å². The molecule has 0 aromatic heterocycles. The molecule has 1 aliphatic rings. The number of hydrogen-bond donors (Lipinski definition) is 0. The minimum Gasteiger partial charge on any atom is -0.272 e.